The Kier molecular flexibility index (Phi) is 4.38. The fourth-order valence-corrected chi connectivity index (χ4v) is 3.21. The Morgan fingerprint density at radius 2 is 1.89 bits per heavy atom. The number of rotatable bonds is 4. The standard InChI is InChI=1S/C21H18N4O2/c1-14(26)16-6-4-7-17(11-16)24-21(27)18-12-20(23-13-22-18)25-10-9-15-5-2-3-8-19(15)25/h2-8,11-13H,9-10H2,1H3,(H,24,27). The van der Waals surface area contributed by atoms with Crippen LogP contribution in [0.5, 0.6) is 0 Å². The van der Waals surface area contributed by atoms with E-state index in [0.717, 1.165) is 18.7 Å². The van der Waals surface area contributed by atoms with Gasteiger partial charge in [-0.15, -0.1) is 0 Å². The number of amides is 1. The Hall–Kier alpha value is -3.54. The number of Topliss-reactive ketones (excluding diaryl/α,β-unsaturated/α-hetero) is 1. The zero-order valence-corrected chi connectivity index (χ0v) is 14.8. The van der Waals surface area contributed by atoms with Gasteiger partial charge in [-0.2, -0.15) is 0 Å². The zero-order chi connectivity index (χ0) is 18.8. The number of para-hydroxylation sites is 1. The van der Waals surface area contributed by atoms with E-state index in [9.17, 15) is 9.59 Å². The molecule has 0 atom stereocenters. The van der Waals surface area contributed by atoms with Crippen LogP contribution in [0.2, 0.25) is 0 Å². The Balaban J connectivity index is 1.57. The molecule has 134 valence electrons. The normalized spacial score (nSPS) is 12.6. The van der Waals surface area contributed by atoms with Crippen LogP contribution >= 0.6 is 0 Å². The highest BCUT2D eigenvalue weighted by atomic mass is 16.2. The molecular weight excluding hydrogens is 340 g/mol. The molecule has 0 saturated heterocycles. The predicted octanol–water partition coefficient (Wildman–Crippen LogP) is 3.63. The molecule has 0 aliphatic carbocycles. The number of nitrogens with one attached hydrogen (secondary N) is 1. The molecule has 1 amide bonds. The van der Waals surface area contributed by atoms with Crippen LogP contribution in [-0.2, 0) is 6.42 Å². The Morgan fingerprint density at radius 1 is 1.04 bits per heavy atom. The predicted molar refractivity (Wildman–Crippen MR) is 104 cm³/mol. The highest BCUT2D eigenvalue weighted by molar-refractivity contribution is 6.04. The molecule has 2 heterocycles. The third kappa shape index (κ3) is 3.42. The third-order valence-corrected chi connectivity index (χ3v) is 4.58. The number of aromatic nitrogens is 2. The van der Waals surface area contributed by atoms with E-state index in [4.69, 9.17) is 0 Å². The Labute approximate surface area is 156 Å². The minimum absolute atomic E-state index is 0.0527. The molecule has 2 aromatic carbocycles. The lowest BCUT2D eigenvalue weighted by molar-refractivity contribution is 0.100. The lowest BCUT2D eigenvalue weighted by Gasteiger charge is -2.18. The molecule has 3 aromatic rings. The van der Waals surface area contributed by atoms with Crippen LogP contribution in [-0.4, -0.2) is 28.2 Å². The van der Waals surface area contributed by atoms with Crippen molar-refractivity contribution < 1.29 is 9.59 Å². The van der Waals surface area contributed by atoms with Gasteiger partial charge in [0.1, 0.15) is 17.8 Å². The van der Waals surface area contributed by atoms with Crippen molar-refractivity contribution in [2.75, 3.05) is 16.8 Å². The van der Waals surface area contributed by atoms with E-state index in [0.29, 0.717) is 17.1 Å². The highest BCUT2D eigenvalue weighted by Gasteiger charge is 2.22. The average molecular weight is 358 g/mol. The summed E-state index contributed by atoms with van der Waals surface area (Å²) in [4.78, 5) is 34.6. The Morgan fingerprint density at radius 3 is 2.74 bits per heavy atom. The summed E-state index contributed by atoms with van der Waals surface area (Å²) in [5, 5.41) is 2.79. The van der Waals surface area contributed by atoms with Crippen LogP contribution < -0.4 is 10.2 Å². The molecule has 1 aromatic heterocycles. The molecular formula is C21H18N4O2. The van der Waals surface area contributed by atoms with Gasteiger partial charge in [0.15, 0.2) is 5.78 Å². The minimum Gasteiger partial charge on any atom is -0.326 e. The molecule has 6 nitrogen and oxygen atoms in total. The van der Waals surface area contributed by atoms with Gasteiger partial charge in [-0.1, -0.05) is 30.3 Å². The van der Waals surface area contributed by atoms with E-state index >= 15 is 0 Å². The first-order valence-corrected chi connectivity index (χ1v) is 8.71. The monoisotopic (exact) mass is 358 g/mol. The third-order valence-electron chi connectivity index (χ3n) is 4.58. The van der Waals surface area contributed by atoms with E-state index < -0.39 is 0 Å². The van der Waals surface area contributed by atoms with Gasteiger partial charge in [0.2, 0.25) is 0 Å². The SMILES string of the molecule is CC(=O)c1cccc(NC(=O)c2cc(N3CCc4ccccc43)ncn2)c1. The number of anilines is 3. The van der Waals surface area contributed by atoms with E-state index in [1.165, 1.54) is 18.8 Å². The van der Waals surface area contributed by atoms with Gasteiger partial charge >= 0.3 is 0 Å². The second kappa shape index (κ2) is 6.99. The summed E-state index contributed by atoms with van der Waals surface area (Å²) in [5.41, 5.74) is 3.75. The van der Waals surface area contributed by atoms with Crippen LogP contribution in [0.1, 0.15) is 33.3 Å². The first kappa shape index (κ1) is 16.9. The molecule has 0 radical (unpaired) electrons. The van der Waals surface area contributed by atoms with Crippen molar-refractivity contribution in [3.8, 4) is 0 Å². The molecule has 6 heteroatoms. The van der Waals surface area contributed by atoms with Crippen molar-refractivity contribution in [2.24, 2.45) is 0 Å². The molecule has 1 aliphatic heterocycles. The number of ketones is 1. The van der Waals surface area contributed by atoms with Gasteiger partial charge in [0.05, 0.1) is 0 Å². The van der Waals surface area contributed by atoms with Crippen molar-refractivity contribution in [1.29, 1.82) is 0 Å². The van der Waals surface area contributed by atoms with Gasteiger partial charge in [-0.3, -0.25) is 9.59 Å². The number of nitrogens with zero attached hydrogens (tertiary/aromatic N) is 3. The number of hydrogen-bond acceptors (Lipinski definition) is 5. The van der Waals surface area contributed by atoms with Gasteiger partial charge in [0.25, 0.3) is 5.91 Å². The highest BCUT2D eigenvalue weighted by Crippen LogP contribution is 2.33. The first-order chi connectivity index (χ1) is 13.1. The fraction of sp³-hybridized carbons (Fsp3) is 0.143. The van der Waals surface area contributed by atoms with Crippen LogP contribution in [0, 0.1) is 0 Å². The van der Waals surface area contributed by atoms with Gasteiger partial charge in [0, 0.05) is 29.5 Å². The molecule has 0 bridgehead atoms. The fourth-order valence-electron chi connectivity index (χ4n) is 3.21. The van der Waals surface area contributed by atoms with E-state index in [1.54, 1.807) is 30.3 Å². The van der Waals surface area contributed by atoms with Gasteiger partial charge in [-0.05, 0) is 37.1 Å². The second-order valence-corrected chi connectivity index (χ2v) is 6.38. The summed E-state index contributed by atoms with van der Waals surface area (Å²) in [7, 11) is 0. The maximum absolute atomic E-state index is 12.6. The largest absolute Gasteiger partial charge is 0.326 e. The van der Waals surface area contributed by atoms with Crippen molar-refractivity contribution in [3.63, 3.8) is 0 Å². The lowest BCUT2D eigenvalue weighted by Crippen LogP contribution is -2.18. The van der Waals surface area contributed by atoms with Crippen LogP contribution in [0.3, 0.4) is 0 Å². The number of benzene rings is 2. The van der Waals surface area contributed by atoms with Gasteiger partial charge < -0.3 is 10.2 Å². The number of hydrogen-bond donors (Lipinski definition) is 1. The van der Waals surface area contributed by atoms with Crippen LogP contribution in [0.4, 0.5) is 17.2 Å². The van der Waals surface area contributed by atoms with Crippen LogP contribution in [0.25, 0.3) is 0 Å². The molecule has 1 aliphatic rings. The maximum atomic E-state index is 12.6. The van der Waals surface area contributed by atoms with E-state index in [2.05, 4.69) is 32.3 Å². The Bertz CT molecular complexity index is 1030. The minimum atomic E-state index is -0.341. The van der Waals surface area contributed by atoms with Gasteiger partial charge in [-0.25, -0.2) is 9.97 Å². The maximum Gasteiger partial charge on any atom is 0.274 e. The van der Waals surface area contributed by atoms with Crippen molar-refractivity contribution in [2.45, 2.75) is 13.3 Å². The summed E-state index contributed by atoms with van der Waals surface area (Å²) in [6, 6.07) is 16.7. The smallest absolute Gasteiger partial charge is 0.274 e. The molecule has 0 saturated carbocycles. The lowest BCUT2D eigenvalue weighted by atomic mass is 10.1. The topological polar surface area (TPSA) is 75.2 Å². The number of fused-ring (bicyclic) bond motifs is 1. The van der Waals surface area contributed by atoms with E-state index in [-0.39, 0.29) is 17.4 Å². The van der Waals surface area contributed by atoms with Crippen molar-refractivity contribution in [1.82, 2.24) is 9.97 Å². The molecule has 0 fully saturated rings. The molecule has 1 N–H and O–H groups in total. The molecule has 27 heavy (non-hydrogen) atoms. The second-order valence-electron chi connectivity index (χ2n) is 6.38. The summed E-state index contributed by atoms with van der Waals surface area (Å²) < 4.78 is 0. The summed E-state index contributed by atoms with van der Waals surface area (Å²) >= 11 is 0. The first-order valence-electron chi connectivity index (χ1n) is 8.71. The quantitative estimate of drug-likeness (QED) is 0.721. The summed E-state index contributed by atoms with van der Waals surface area (Å²) in [6.45, 7) is 2.31. The van der Waals surface area contributed by atoms with Crippen molar-refractivity contribution in [3.05, 3.63) is 77.7 Å². The number of carbonyl (C=O) groups excluding carboxylic acids is 2. The zero-order valence-electron chi connectivity index (χ0n) is 14.8. The molecule has 4 rings (SSSR count). The summed E-state index contributed by atoms with van der Waals surface area (Å²) in [6.07, 6.45) is 2.34. The summed E-state index contributed by atoms with van der Waals surface area (Å²) in [5.74, 6) is 0.299. The van der Waals surface area contributed by atoms with Crippen molar-refractivity contribution >= 4 is 28.9 Å². The number of carbonyl (C=O) groups is 2. The van der Waals surface area contributed by atoms with E-state index in [1.807, 2.05) is 12.1 Å². The molecule has 0 unspecified atom stereocenters. The van der Waals surface area contributed by atoms with Crippen LogP contribution in [0.15, 0.2) is 60.9 Å². The molecule has 0 spiro atoms. The average Bonchev–Trinajstić information content (AvgIpc) is 3.12.